The van der Waals surface area contributed by atoms with Crippen molar-refractivity contribution >= 4 is 5.91 Å². The molecule has 0 spiro atoms. The number of rotatable bonds is 2. The predicted octanol–water partition coefficient (Wildman–Crippen LogP) is 2.04. The zero-order valence-electron chi connectivity index (χ0n) is 11.0. The maximum Gasteiger partial charge on any atom is 0.222 e. The van der Waals surface area contributed by atoms with E-state index in [1.165, 1.54) is 0 Å². The summed E-state index contributed by atoms with van der Waals surface area (Å²) in [4.78, 5) is 13.7. The number of aliphatic hydroxyl groups excluding tert-OH is 1. The highest BCUT2D eigenvalue weighted by atomic mass is 16.3. The van der Waals surface area contributed by atoms with Crippen LogP contribution in [0.25, 0.3) is 0 Å². The van der Waals surface area contributed by atoms with Crippen LogP contribution in [-0.4, -0.2) is 35.1 Å². The summed E-state index contributed by atoms with van der Waals surface area (Å²) >= 11 is 0. The number of hydrogen-bond acceptors (Lipinski definition) is 2. The van der Waals surface area contributed by atoms with E-state index in [2.05, 4.69) is 20.8 Å². The number of carbonyl (C=O) groups is 1. The summed E-state index contributed by atoms with van der Waals surface area (Å²) in [6, 6.07) is 0. The van der Waals surface area contributed by atoms with Gasteiger partial charge >= 0.3 is 0 Å². The van der Waals surface area contributed by atoms with E-state index in [-0.39, 0.29) is 11.3 Å². The van der Waals surface area contributed by atoms with Gasteiger partial charge in [-0.3, -0.25) is 4.79 Å². The van der Waals surface area contributed by atoms with Gasteiger partial charge in [-0.2, -0.15) is 0 Å². The van der Waals surface area contributed by atoms with E-state index in [1.807, 2.05) is 4.90 Å². The molecule has 3 nitrogen and oxygen atoms in total. The van der Waals surface area contributed by atoms with Crippen LogP contribution in [0.4, 0.5) is 0 Å². The highest BCUT2D eigenvalue weighted by molar-refractivity contribution is 5.76. The first-order chi connectivity index (χ1) is 7.30. The Balaban J connectivity index is 2.59. The molecule has 1 amide bonds. The first kappa shape index (κ1) is 13.5. The van der Waals surface area contributed by atoms with Crippen molar-refractivity contribution in [1.29, 1.82) is 0 Å². The van der Waals surface area contributed by atoms with Gasteiger partial charge in [0.25, 0.3) is 0 Å². The lowest BCUT2D eigenvalue weighted by atomic mass is 9.77. The minimum atomic E-state index is -0.421. The number of carbonyl (C=O) groups excluding carboxylic acids is 1. The smallest absolute Gasteiger partial charge is 0.222 e. The van der Waals surface area contributed by atoms with Crippen LogP contribution in [-0.2, 0) is 4.79 Å². The van der Waals surface area contributed by atoms with Crippen LogP contribution in [0.2, 0.25) is 0 Å². The fourth-order valence-electron chi connectivity index (χ4n) is 2.41. The summed E-state index contributed by atoms with van der Waals surface area (Å²) in [6.07, 6.45) is 2.25. The Kier molecular flexibility index (Phi) is 4.36. The summed E-state index contributed by atoms with van der Waals surface area (Å²) in [5.41, 5.74) is 0.279. The number of amides is 1. The molecule has 1 unspecified atom stereocenters. The molecule has 1 rings (SSSR count). The highest BCUT2D eigenvalue weighted by Gasteiger charge is 2.30. The van der Waals surface area contributed by atoms with Gasteiger partial charge in [0.2, 0.25) is 5.91 Å². The van der Waals surface area contributed by atoms with Crippen LogP contribution in [0.3, 0.4) is 0 Å². The van der Waals surface area contributed by atoms with Crippen molar-refractivity contribution < 1.29 is 9.90 Å². The zero-order valence-corrected chi connectivity index (χ0v) is 11.0. The van der Waals surface area contributed by atoms with Crippen LogP contribution in [0.5, 0.6) is 0 Å². The largest absolute Gasteiger partial charge is 0.392 e. The Morgan fingerprint density at radius 2 is 2.06 bits per heavy atom. The van der Waals surface area contributed by atoms with Crippen molar-refractivity contribution in [2.24, 2.45) is 11.3 Å². The van der Waals surface area contributed by atoms with Gasteiger partial charge < -0.3 is 10.0 Å². The van der Waals surface area contributed by atoms with Crippen molar-refractivity contribution in [1.82, 2.24) is 4.90 Å². The van der Waals surface area contributed by atoms with Crippen molar-refractivity contribution in [3.05, 3.63) is 0 Å². The Bertz CT molecular complexity index is 243. The maximum absolute atomic E-state index is 11.8. The average molecular weight is 227 g/mol. The Labute approximate surface area is 98.8 Å². The van der Waals surface area contributed by atoms with Gasteiger partial charge in [-0.25, -0.2) is 0 Å². The normalized spacial score (nSPS) is 25.4. The van der Waals surface area contributed by atoms with Crippen molar-refractivity contribution in [3.8, 4) is 0 Å². The predicted molar refractivity (Wildman–Crippen MR) is 65.1 cm³/mol. The van der Waals surface area contributed by atoms with E-state index in [9.17, 15) is 9.90 Å². The molecule has 2 atom stereocenters. The fraction of sp³-hybridized carbons (Fsp3) is 0.923. The molecule has 1 saturated heterocycles. The Morgan fingerprint density at radius 3 is 2.56 bits per heavy atom. The molecule has 0 bridgehead atoms. The first-order valence-electron chi connectivity index (χ1n) is 6.26. The highest BCUT2D eigenvalue weighted by Crippen LogP contribution is 2.34. The van der Waals surface area contributed by atoms with E-state index < -0.39 is 6.10 Å². The van der Waals surface area contributed by atoms with E-state index in [0.717, 1.165) is 19.4 Å². The number of nitrogens with zero attached hydrogens (tertiary/aromatic N) is 1. The second-order valence-electron chi connectivity index (χ2n) is 6.08. The van der Waals surface area contributed by atoms with Crippen LogP contribution >= 0.6 is 0 Å². The van der Waals surface area contributed by atoms with Crippen LogP contribution < -0.4 is 0 Å². The fourth-order valence-corrected chi connectivity index (χ4v) is 2.41. The molecule has 0 aliphatic carbocycles. The first-order valence-corrected chi connectivity index (χ1v) is 6.26. The number of aliphatic hydroxyl groups is 1. The van der Waals surface area contributed by atoms with Gasteiger partial charge in [0, 0.05) is 19.5 Å². The summed E-state index contributed by atoms with van der Waals surface area (Å²) in [5, 5.41) is 9.35. The average Bonchev–Trinajstić information content (AvgIpc) is 2.28. The minimum absolute atomic E-state index is 0.202. The number of likely N-dealkylation sites (tertiary alicyclic amines) is 1. The van der Waals surface area contributed by atoms with Crippen LogP contribution in [0, 0.1) is 11.3 Å². The summed E-state index contributed by atoms with van der Waals surface area (Å²) in [7, 11) is 0. The minimum Gasteiger partial charge on any atom is -0.392 e. The van der Waals surface area contributed by atoms with Gasteiger partial charge in [-0.05, 0) is 31.1 Å². The molecule has 1 aliphatic rings. The van der Waals surface area contributed by atoms with Crippen LogP contribution in [0.15, 0.2) is 0 Å². The van der Waals surface area contributed by atoms with Crippen molar-refractivity contribution in [2.75, 3.05) is 13.1 Å². The number of β-amino-alcohol motifs (C(OH)–C–C–N with tert-alkyl or cyclic N) is 1. The van der Waals surface area contributed by atoms with Crippen molar-refractivity contribution in [2.45, 2.75) is 53.1 Å². The molecule has 0 radical (unpaired) electrons. The molecule has 1 fully saturated rings. The van der Waals surface area contributed by atoms with Gasteiger partial charge in [0.05, 0.1) is 6.10 Å². The topological polar surface area (TPSA) is 40.5 Å². The molecule has 1 heterocycles. The molecular weight excluding hydrogens is 202 g/mol. The molecule has 1 aliphatic heterocycles. The van der Waals surface area contributed by atoms with Gasteiger partial charge in [0.1, 0.15) is 0 Å². The molecule has 16 heavy (non-hydrogen) atoms. The zero-order chi connectivity index (χ0) is 12.3. The molecule has 0 saturated carbocycles. The van der Waals surface area contributed by atoms with E-state index >= 15 is 0 Å². The van der Waals surface area contributed by atoms with Gasteiger partial charge in [-0.1, -0.05) is 20.8 Å². The number of hydrogen-bond donors (Lipinski definition) is 1. The van der Waals surface area contributed by atoms with Gasteiger partial charge in [-0.15, -0.1) is 0 Å². The molecule has 0 aromatic carbocycles. The molecule has 0 aromatic heterocycles. The molecular formula is C13H25NO2. The molecule has 3 heteroatoms. The SMILES string of the molecule is C[C@@H](O)CN1CCC(C(C)(C)C)CCC1=O. The Morgan fingerprint density at radius 1 is 1.44 bits per heavy atom. The molecule has 1 N–H and O–H groups in total. The standard InChI is InChI=1S/C13H25NO2/c1-10(15)9-14-8-7-11(13(2,3)4)5-6-12(14)16/h10-11,15H,5-9H2,1-4H3/t10-,11?/m1/s1. The lowest BCUT2D eigenvalue weighted by molar-refractivity contribution is -0.131. The summed E-state index contributed by atoms with van der Waals surface area (Å²) in [5.74, 6) is 0.808. The van der Waals surface area contributed by atoms with Crippen LogP contribution in [0.1, 0.15) is 47.0 Å². The summed E-state index contributed by atoms with van der Waals surface area (Å²) < 4.78 is 0. The molecule has 0 aromatic rings. The summed E-state index contributed by atoms with van der Waals surface area (Å²) in [6.45, 7) is 9.74. The second kappa shape index (κ2) is 5.17. The Hall–Kier alpha value is -0.570. The van der Waals surface area contributed by atoms with E-state index in [0.29, 0.717) is 18.9 Å². The second-order valence-corrected chi connectivity index (χ2v) is 6.08. The third kappa shape index (κ3) is 3.78. The maximum atomic E-state index is 11.8. The van der Waals surface area contributed by atoms with Gasteiger partial charge in [0.15, 0.2) is 0 Å². The third-order valence-corrected chi connectivity index (χ3v) is 3.52. The van der Waals surface area contributed by atoms with E-state index in [4.69, 9.17) is 0 Å². The van der Waals surface area contributed by atoms with E-state index in [1.54, 1.807) is 6.92 Å². The monoisotopic (exact) mass is 227 g/mol. The lowest BCUT2D eigenvalue weighted by Gasteiger charge is -2.29. The third-order valence-electron chi connectivity index (χ3n) is 3.52. The quantitative estimate of drug-likeness (QED) is 0.784. The lowest BCUT2D eigenvalue weighted by Crippen LogP contribution is -2.36. The van der Waals surface area contributed by atoms with Crippen molar-refractivity contribution in [3.63, 3.8) is 0 Å². The molecule has 94 valence electrons.